The first-order chi connectivity index (χ1) is 9.70. The zero-order chi connectivity index (χ0) is 14.8. The minimum absolute atomic E-state index is 0. The van der Waals surface area contributed by atoms with Gasteiger partial charge in [-0.25, -0.2) is 9.59 Å². The minimum Gasteiger partial charge on any atom is -0.462 e. The van der Waals surface area contributed by atoms with Crippen molar-refractivity contribution in [3.8, 4) is 0 Å². The van der Waals surface area contributed by atoms with Crippen LogP contribution >= 0.6 is 0 Å². The molecule has 0 spiro atoms. The van der Waals surface area contributed by atoms with E-state index in [0.717, 1.165) is 25.7 Å². The fourth-order valence-electron chi connectivity index (χ4n) is 1.61. The predicted octanol–water partition coefficient (Wildman–Crippen LogP) is 3.60. The Morgan fingerprint density at radius 1 is 0.857 bits per heavy atom. The van der Waals surface area contributed by atoms with Gasteiger partial charge >= 0.3 is 11.9 Å². The van der Waals surface area contributed by atoms with Crippen LogP contribution in [-0.4, -0.2) is 25.2 Å². The molecule has 0 unspecified atom stereocenters. The predicted molar refractivity (Wildman–Crippen MR) is 76.8 cm³/mol. The summed E-state index contributed by atoms with van der Waals surface area (Å²) in [6, 6.07) is 6.59. The molecule has 1 rings (SSSR count). The number of ether oxygens (including phenoxy) is 2. The van der Waals surface area contributed by atoms with Crippen molar-refractivity contribution in [1.82, 2.24) is 0 Å². The Bertz CT molecular complexity index is 405. The first-order valence-electron chi connectivity index (χ1n) is 7.14. The van der Waals surface area contributed by atoms with Crippen molar-refractivity contribution < 1.29 is 40.8 Å². The summed E-state index contributed by atoms with van der Waals surface area (Å²) in [4.78, 5) is 23.9. The van der Waals surface area contributed by atoms with Crippen molar-refractivity contribution in [1.29, 1.82) is 0 Å². The summed E-state index contributed by atoms with van der Waals surface area (Å²) in [7, 11) is 0. The molecule has 114 valence electrons. The summed E-state index contributed by atoms with van der Waals surface area (Å²) in [6.07, 6.45) is 3.53. The smallest absolute Gasteiger partial charge is 0.339 e. The normalized spacial score (nSPS) is 9.62. The van der Waals surface area contributed by atoms with Gasteiger partial charge in [0.15, 0.2) is 0 Å². The molecule has 0 bridgehead atoms. The maximum absolute atomic E-state index is 11.9. The van der Waals surface area contributed by atoms with E-state index in [1.165, 1.54) is 0 Å². The van der Waals surface area contributed by atoms with Gasteiger partial charge in [-0.2, -0.15) is 0 Å². The molecule has 1 aromatic rings. The van der Waals surface area contributed by atoms with Crippen LogP contribution in [0.3, 0.4) is 0 Å². The molecule has 0 fully saturated rings. The number of benzene rings is 1. The summed E-state index contributed by atoms with van der Waals surface area (Å²) in [6.45, 7) is 4.78. The number of esters is 2. The van der Waals surface area contributed by atoms with Gasteiger partial charge in [0.2, 0.25) is 0 Å². The molecule has 0 saturated carbocycles. The first kappa shape index (κ1) is 19.9. The van der Waals surface area contributed by atoms with Crippen LogP contribution in [0.25, 0.3) is 0 Å². The third-order valence-electron chi connectivity index (χ3n) is 2.83. The van der Waals surface area contributed by atoms with E-state index in [2.05, 4.69) is 0 Å². The minimum atomic E-state index is -0.471. The van der Waals surface area contributed by atoms with Crippen molar-refractivity contribution in [2.75, 3.05) is 13.2 Å². The molecule has 0 aromatic heterocycles. The van der Waals surface area contributed by atoms with Gasteiger partial charge in [-0.15, -0.1) is 0 Å². The largest absolute Gasteiger partial charge is 0.462 e. The molecule has 0 radical (unpaired) electrons. The SMILES string of the molecule is CCCCOC(=O)c1ccccc1C(=O)OCCCC.[Ti]. The van der Waals surface area contributed by atoms with E-state index in [4.69, 9.17) is 9.47 Å². The summed E-state index contributed by atoms with van der Waals surface area (Å²) in [5, 5.41) is 0. The van der Waals surface area contributed by atoms with Gasteiger partial charge in [-0.3, -0.25) is 0 Å². The number of rotatable bonds is 8. The monoisotopic (exact) mass is 326 g/mol. The van der Waals surface area contributed by atoms with E-state index in [-0.39, 0.29) is 32.8 Å². The first-order valence-corrected chi connectivity index (χ1v) is 7.14. The van der Waals surface area contributed by atoms with Crippen molar-refractivity contribution in [2.24, 2.45) is 0 Å². The Balaban J connectivity index is 0.00000400. The maximum atomic E-state index is 11.9. The fraction of sp³-hybridized carbons (Fsp3) is 0.500. The van der Waals surface area contributed by atoms with Crippen molar-refractivity contribution >= 4 is 11.9 Å². The molecule has 0 amide bonds. The molecule has 0 saturated heterocycles. The Labute approximate surface area is 141 Å². The van der Waals surface area contributed by atoms with E-state index in [1.807, 2.05) is 13.8 Å². The van der Waals surface area contributed by atoms with Crippen LogP contribution in [0.1, 0.15) is 60.2 Å². The van der Waals surface area contributed by atoms with Crippen molar-refractivity contribution in [3.63, 3.8) is 0 Å². The van der Waals surface area contributed by atoms with Gasteiger partial charge in [-0.1, -0.05) is 38.8 Å². The van der Waals surface area contributed by atoms with Gasteiger partial charge in [0, 0.05) is 21.7 Å². The quantitative estimate of drug-likeness (QED) is 0.416. The number of carbonyl (C=O) groups excluding carboxylic acids is 2. The summed E-state index contributed by atoms with van der Waals surface area (Å²) < 4.78 is 10.3. The molecule has 5 heteroatoms. The van der Waals surface area contributed by atoms with E-state index >= 15 is 0 Å². The molecule has 0 N–H and O–H groups in total. The van der Waals surface area contributed by atoms with Gasteiger partial charge in [0.05, 0.1) is 24.3 Å². The molecule has 0 aliphatic rings. The average molecular weight is 326 g/mol. The van der Waals surface area contributed by atoms with Crippen molar-refractivity contribution in [3.05, 3.63) is 35.4 Å². The zero-order valence-corrected chi connectivity index (χ0v) is 14.2. The third kappa shape index (κ3) is 6.92. The van der Waals surface area contributed by atoms with E-state index in [1.54, 1.807) is 24.3 Å². The van der Waals surface area contributed by atoms with Crippen LogP contribution in [0.2, 0.25) is 0 Å². The summed E-state index contributed by atoms with van der Waals surface area (Å²) in [5.41, 5.74) is 0.537. The Morgan fingerprint density at radius 2 is 1.24 bits per heavy atom. The Hall–Kier alpha value is -1.13. The van der Waals surface area contributed by atoms with Gasteiger partial charge in [0.25, 0.3) is 0 Å². The van der Waals surface area contributed by atoms with Crippen LogP contribution in [0, 0.1) is 0 Å². The van der Waals surface area contributed by atoms with Gasteiger partial charge < -0.3 is 9.47 Å². The van der Waals surface area contributed by atoms with Crippen molar-refractivity contribution in [2.45, 2.75) is 39.5 Å². The van der Waals surface area contributed by atoms with Gasteiger partial charge in [-0.05, 0) is 25.0 Å². The topological polar surface area (TPSA) is 52.6 Å². The summed E-state index contributed by atoms with van der Waals surface area (Å²) >= 11 is 0. The molecule has 0 heterocycles. The molecular weight excluding hydrogens is 304 g/mol. The second-order valence-electron chi connectivity index (χ2n) is 4.52. The Morgan fingerprint density at radius 3 is 1.57 bits per heavy atom. The molecule has 4 nitrogen and oxygen atoms in total. The number of hydrogen-bond donors (Lipinski definition) is 0. The zero-order valence-electron chi connectivity index (χ0n) is 12.7. The van der Waals surface area contributed by atoms with Crippen LogP contribution in [-0.2, 0) is 31.2 Å². The average Bonchev–Trinajstić information content (AvgIpc) is 2.47. The molecule has 0 aliphatic heterocycles. The Kier molecular flexibility index (Phi) is 10.9. The second kappa shape index (κ2) is 11.5. The number of unbranched alkanes of at least 4 members (excludes halogenated alkanes) is 2. The van der Waals surface area contributed by atoms with Crippen LogP contribution in [0.5, 0.6) is 0 Å². The molecule has 21 heavy (non-hydrogen) atoms. The molecule has 0 atom stereocenters. The van der Waals surface area contributed by atoms with E-state index in [0.29, 0.717) is 13.2 Å². The maximum Gasteiger partial charge on any atom is 0.339 e. The third-order valence-corrected chi connectivity index (χ3v) is 2.83. The fourth-order valence-corrected chi connectivity index (χ4v) is 1.61. The van der Waals surface area contributed by atoms with Crippen LogP contribution in [0.15, 0.2) is 24.3 Å². The van der Waals surface area contributed by atoms with Crippen LogP contribution < -0.4 is 0 Å². The number of hydrogen-bond acceptors (Lipinski definition) is 4. The summed E-state index contributed by atoms with van der Waals surface area (Å²) in [5.74, 6) is -0.942. The van der Waals surface area contributed by atoms with Crippen LogP contribution in [0.4, 0.5) is 0 Å². The van der Waals surface area contributed by atoms with E-state index < -0.39 is 11.9 Å². The molecule has 0 aliphatic carbocycles. The molecule has 1 aromatic carbocycles. The van der Waals surface area contributed by atoms with Gasteiger partial charge in [0.1, 0.15) is 0 Å². The standard InChI is InChI=1S/C16H22O4.Ti/c1-3-5-11-19-15(17)13-9-7-8-10-14(13)16(18)20-12-6-4-2;/h7-10H,3-6,11-12H2,1-2H3;. The number of carbonyl (C=O) groups is 2. The van der Waals surface area contributed by atoms with E-state index in [9.17, 15) is 9.59 Å². The second-order valence-corrected chi connectivity index (χ2v) is 4.52. The molecular formula is C16H22O4Ti.